The molecule has 20 heavy (non-hydrogen) atoms. The molecule has 0 aliphatic heterocycles. The van der Waals surface area contributed by atoms with Crippen molar-refractivity contribution in [3.05, 3.63) is 76.1 Å². The molecule has 0 radical (unpaired) electrons. The summed E-state index contributed by atoms with van der Waals surface area (Å²) in [7, 11) is 0. The lowest BCUT2D eigenvalue weighted by Crippen LogP contribution is -2.21. The molecule has 4 heteroatoms. The number of benzene rings is 2. The second-order valence-electron chi connectivity index (χ2n) is 4.78. The molecule has 0 bridgehead atoms. The minimum absolute atomic E-state index is 0.108. The Bertz CT molecular complexity index is 839. The van der Waals surface area contributed by atoms with Crippen molar-refractivity contribution in [3.8, 4) is 0 Å². The molecule has 3 rings (SSSR count). The van der Waals surface area contributed by atoms with E-state index in [-0.39, 0.29) is 11.4 Å². The highest BCUT2D eigenvalue weighted by atomic mass is 19.1. The zero-order valence-electron chi connectivity index (χ0n) is 11.0. The fourth-order valence-corrected chi connectivity index (χ4v) is 2.28. The number of aromatic nitrogens is 2. The fraction of sp³-hybridized carbons (Fsp3) is 0.125. The maximum atomic E-state index is 13.2. The average molecular weight is 268 g/mol. The quantitative estimate of drug-likeness (QED) is 0.716. The molecule has 0 unspecified atom stereocenters. The standard InChI is InChI=1S/C16H13FN2O/c1-11-4-2-7-14-15(11)18-10-19(16(14)20)9-12-5-3-6-13(17)8-12/h2-8,10H,9H2,1H3. The summed E-state index contributed by atoms with van der Waals surface area (Å²) in [6.07, 6.45) is 1.52. The summed E-state index contributed by atoms with van der Waals surface area (Å²) in [6, 6.07) is 11.8. The van der Waals surface area contributed by atoms with E-state index in [1.165, 1.54) is 23.0 Å². The minimum atomic E-state index is -0.305. The molecular formula is C16H13FN2O. The van der Waals surface area contributed by atoms with Gasteiger partial charge < -0.3 is 0 Å². The van der Waals surface area contributed by atoms with Crippen LogP contribution in [0.4, 0.5) is 4.39 Å². The smallest absolute Gasteiger partial charge is 0.261 e. The topological polar surface area (TPSA) is 34.9 Å². The zero-order chi connectivity index (χ0) is 14.1. The summed E-state index contributed by atoms with van der Waals surface area (Å²) in [5.74, 6) is -0.305. The van der Waals surface area contributed by atoms with Crippen molar-refractivity contribution in [2.45, 2.75) is 13.5 Å². The second-order valence-corrected chi connectivity index (χ2v) is 4.78. The Morgan fingerprint density at radius 3 is 2.80 bits per heavy atom. The Morgan fingerprint density at radius 1 is 1.20 bits per heavy atom. The Morgan fingerprint density at radius 2 is 2.00 bits per heavy atom. The van der Waals surface area contributed by atoms with Gasteiger partial charge in [0.15, 0.2) is 0 Å². The fourth-order valence-electron chi connectivity index (χ4n) is 2.28. The first-order valence-corrected chi connectivity index (χ1v) is 6.34. The lowest BCUT2D eigenvalue weighted by atomic mass is 10.1. The number of fused-ring (bicyclic) bond motifs is 1. The van der Waals surface area contributed by atoms with Gasteiger partial charge in [-0.3, -0.25) is 9.36 Å². The third-order valence-electron chi connectivity index (χ3n) is 3.30. The molecule has 1 aromatic heterocycles. The number of para-hydroxylation sites is 1. The molecule has 0 aliphatic carbocycles. The Hall–Kier alpha value is -2.49. The van der Waals surface area contributed by atoms with E-state index in [2.05, 4.69) is 4.98 Å². The van der Waals surface area contributed by atoms with Crippen LogP contribution in [0.3, 0.4) is 0 Å². The van der Waals surface area contributed by atoms with Crippen molar-refractivity contribution < 1.29 is 4.39 Å². The third-order valence-corrected chi connectivity index (χ3v) is 3.30. The van der Waals surface area contributed by atoms with E-state index in [0.29, 0.717) is 17.4 Å². The number of hydrogen-bond donors (Lipinski definition) is 0. The molecule has 3 nitrogen and oxygen atoms in total. The van der Waals surface area contributed by atoms with Gasteiger partial charge in [0.25, 0.3) is 5.56 Å². The molecule has 0 amide bonds. The summed E-state index contributed by atoms with van der Waals surface area (Å²) >= 11 is 0. The average Bonchev–Trinajstić information content (AvgIpc) is 2.43. The molecule has 100 valence electrons. The van der Waals surface area contributed by atoms with Crippen molar-refractivity contribution >= 4 is 10.9 Å². The molecule has 3 aromatic rings. The van der Waals surface area contributed by atoms with Gasteiger partial charge in [0, 0.05) is 0 Å². The van der Waals surface area contributed by atoms with Crippen LogP contribution in [-0.4, -0.2) is 9.55 Å². The normalized spacial score (nSPS) is 10.9. The van der Waals surface area contributed by atoms with E-state index in [1.807, 2.05) is 19.1 Å². The first-order valence-electron chi connectivity index (χ1n) is 6.34. The molecule has 0 spiro atoms. The molecule has 0 fully saturated rings. The Labute approximate surface area is 115 Å². The maximum Gasteiger partial charge on any atom is 0.261 e. The number of aryl methyl sites for hydroxylation is 1. The van der Waals surface area contributed by atoms with E-state index in [1.54, 1.807) is 18.2 Å². The largest absolute Gasteiger partial charge is 0.294 e. The molecule has 0 aliphatic rings. The van der Waals surface area contributed by atoms with Crippen LogP contribution in [0.25, 0.3) is 10.9 Å². The van der Waals surface area contributed by atoms with Crippen LogP contribution in [0.5, 0.6) is 0 Å². The highest BCUT2D eigenvalue weighted by Crippen LogP contribution is 2.12. The molecule has 0 saturated carbocycles. The SMILES string of the molecule is Cc1cccc2c(=O)n(Cc3cccc(F)c3)cnc12. The van der Waals surface area contributed by atoms with Crippen LogP contribution in [0, 0.1) is 12.7 Å². The van der Waals surface area contributed by atoms with E-state index < -0.39 is 0 Å². The first-order chi connectivity index (χ1) is 9.65. The molecule has 0 N–H and O–H groups in total. The van der Waals surface area contributed by atoms with E-state index in [0.717, 1.165) is 11.1 Å². The predicted octanol–water partition coefficient (Wildman–Crippen LogP) is 2.89. The maximum absolute atomic E-state index is 13.2. The van der Waals surface area contributed by atoms with Crippen molar-refractivity contribution in [1.29, 1.82) is 0 Å². The van der Waals surface area contributed by atoms with Gasteiger partial charge in [-0.1, -0.05) is 24.3 Å². The predicted molar refractivity (Wildman–Crippen MR) is 76.2 cm³/mol. The van der Waals surface area contributed by atoms with Crippen LogP contribution in [-0.2, 0) is 6.54 Å². The van der Waals surface area contributed by atoms with E-state index in [9.17, 15) is 9.18 Å². The summed E-state index contributed by atoms with van der Waals surface area (Å²) in [5.41, 5.74) is 2.31. The lowest BCUT2D eigenvalue weighted by molar-refractivity contribution is 0.622. The number of rotatable bonds is 2. The van der Waals surface area contributed by atoms with Crippen LogP contribution in [0.2, 0.25) is 0 Å². The Kier molecular flexibility index (Phi) is 3.06. The minimum Gasteiger partial charge on any atom is -0.294 e. The molecule has 0 atom stereocenters. The summed E-state index contributed by atoms with van der Waals surface area (Å²) < 4.78 is 14.7. The molecule has 1 heterocycles. The monoisotopic (exact) mass is 268 g/mol. The summed E-state index contributed by atoms with van der Waals surface area (Å²) in [4.78, 5) is 16.7. The highest BCUT2D eigenvalue weighted by molar-refractivity contribution is 5.80. The van der Waals surface area contributed by atoms with Crippen molar-refractivity contribution in [1.82, 2.24) is 9.55 Å². The second kappa shape index (κ2) is 4.89. The number of hydrogen-bond acceptors (Lipinski definition) is 2. The van der Waals surface area contributed by atoms with Gasteiger partial charge in [-0.15, -0.1) is 0 Å². The van der Waals surface area contributed by atoms with Gasteiger partial charge in [-0.2, -0.15) is 0 Å². The van der Waals surface area contributed by atoms with Crippen LogP contribution >= 0.6 is 0 Å². The van der Waals surface area contributed by atoms with Gasteiger partial charge >= 0.3 is 0 Å². The van der Waals surface area contributed by atoms with E-state index in [4.69, 9.17) is 0 Å². The lowest BCUT2D eigenvalue weighted by Gasteiger charge is -2.08. The van der Waals surface area contributed by atoms with Crippen LogP contribution < -0.4 is 5.56 Å². The molecule has 0 saturated heterocycles. The number of nitrogens with zero attached hydrogens (tertiary/aromatic N) is 2. The van der Waals surface area contributed by atoms with Gasteiger partial charge in [-0.05, 0) is 36.2 Å². The highest BCUT2D eigenvalue weighted by Gasteiger charge is 2.06. The van der Waals surface area contributed by atoms with Gasteiger partial charge in [0.05, 0.1) is 23.8 Å². The van der Waals surface area contributed by atoms with Crippen molar-refractivity contribution in [3.63, 3.8) is 0 Å². The first kappa shape index (κ1) is 12.5. The zero-order valence-corrected chi connectivity index (χ0v) is 11.0. The summed E-state index contributed by atoms with van der Waals surface area (Å²) in [6.45, 7) is 2.24. The molecule has 2 aromatic carbocycles. The third kappa shape index (κ3) is 2.20. The van der Waals surface area contributed by atoms with Gasteiger partial charge in [0.2, 0.25) is 0 Å². The van der Waals surface area contributed by atoms with Gasteiger partial charge in [0.1, 0.15) is 5.82 Å². The van der Waals surface area contributed by atoms with Crippen LogP contribution in [0.1, 0.15) is 11.1 Å². The van der Waals surface area contributed by atoms with Gasteiger partial charge in [-0.25, -0.2) is 9.37 Å². The van der Waals surface area contributed by atoms with Crippen LogP contribution in [0.15, 0.2) is 53.6 Å². The molecular weight excluding hydrogens is 255 g/mol. The summed E-state index contributed by atoms with van der Waals surface area (Å²) in [5, 5.41) is 0.587. The Balaban J connectivity index is 2.09. The van der Waals surface area contributed by atoms with Crippen molar-refractivity contribution in [2.75, 3.05) is 0 Å². The van der Waals surface area contributed by atoms with E-state index >= 15 is 0 Å². The number of halogens is 1. The van der Waals surface area contributed by atoms with Crippen molar-refractivity contribution in [2.24, 2.45) is 0 Å².